The summed E-state index contributed by atoms with van der Waals surface area (Å²) in [5, 5.41) is 6.46. The predicted molar refractivity (Wildman–Crippen MR) is 126 cm³/mol. The van der Waals surface area contributed by atoms with Gasteiger partial charge in [0, 0.05) is 26.6 Å². The van der Waals surface area contributed by atoms with Gasteiger partial charge in [-0.15, -0.1) is 24.0 Å². The van der Waals surface area contributed by atoms with E-state index in [4.69, 9.17) is 4.74 Å². The van der Waals surface area contributed by atoms with Gasteiger partial charge in [-0.3, -0.25) is 9.89 Å². The van der Waals surface area contributed by atoms with E-state index in [1.165, 1.54) is 24.8 Å². The predicted octanol–water partition coefficient (Wildman–Crippen LogP) is 4.74. The van der Waals surface area contributed by atoms with Crippen LogP contribution in [-0.4, -0.2) is 57.4 Å². The first-order valence-electron chi connectivity index (χ1n) is 10.3. The van der Waals surface area contributed by atoms with E-state index in [9.17, 15) is 13.2 Å². The van der Waals surface area contributed by atoms with Crippen LogP contribution in [0.15, 0.2) is 29.3 Å². The second-order valence-electron chi connectivity index (χ2n) is 7.34. The Kier molecular flexibility index (Phi) is 12.5. The summed E-state index contributed by atoms with van der Waals surface area (Å²) in [6.45, 7) is 3.25. The lowest BCUT2D eigenvalue weighted by Gasteiger charge is -2.35. The van der Waals surface area contributed by atoms with Gasteiger partial charge < -0.3 is 15.4 Å². The Balaban J connectivity index is 0.00000450. The standard InChI is InChI=1S/C21H33F3N4O.HI/c1-25-20(26-13-5-4-12-21(22,23)24)27-16-19(28-14-6-3-7-15-28)17-8-10-18(29-2)11-9-17;/h8-11,19H,3-7,12-16H2,1-2H3,(H2,25,26,27);1H. The van der Waals surface area contributed by atoms with Crippen molar-refractivity contribution in [3.8, 4) is 5.75 Å². The van der Waals surface area contributed by atoms with Crippen molar-refractivity contribution >= 4 is 29.9 Å². The zero-order valence-electron chi connectivity index (χ0n) is 17.8. The monoisotopic (exact) mass is 542 g/mol. The Hall–Kier alpha value is -1.23. The number of rotatable bonds is 9. The van der Waals surface area contributed by atoms with Gasteiger partial charge in [-0.2, -0.15) is 13.2 Å². The fraction of sp³-hybridized carbons (Fsp3) is 0.667. The number of unbranched alkanes of at least 4 members (excludes halogenated alkanes) is 1. The Bertz CT molecular complexity index is 620. The molecule has 1 aromatic carbocycles. The van der Waals surface area contributed by atoms with Gasteiger partial charge in [0.05, 0.1) is 13.2 Å². The van der Waals surface area contributed by atoms with E-state index in [-0.39, 0.29) is 36.4 Å². The molecule has 2 rings (SSSR count). The van der Waals surface area contributed by atoms with Gasteiger partial charge in [-0.1, -0.05) is 18.6 Å². The van der Waals surface area contributed by atoms with Crippen molar-refractivity contribution in [2.75, 3.05) is 40.3 Å². The molecule has 0 amide bonds. The van der Waals surface area contributed by atoms with Crippen LogP contribution in [0.2, 0.25) is 0 Å². The zero-order chi connectivity index (χ0) is 21.1. The number of nitrogens with one attached hydrogen (secondary N) is 2. The summed E-state index contributed by atoms with van der Waals surface area (Å²) in [5.41, 5.74) is 1.21. The molecule has 172 valence electrons. The van der Waals surface area contributed by atoms with Crippen LogP contribution in [0.3, 0.4) is 0 Å². The van der Waals surface area contributed by atoms with Crippen LogP contribution in [0.5, 0.6) is 5.75 Å². The van der Waals surface area contributed by atoms with Crippen molar-refractivity contribution in [3.63, 3.8) is 0 Å². The quantitative estimate of drug-likeness (QED) is 0.205. The molecular formula is C21H34F3IN4O. The second-order valence-corrected chi connectivity index (χ2v) is 7.34. The molecule has 1 atom stereocenters. The molecule has 1 aromatic rings. The van der Waals surface area contributed by atoms with Gasteiger partial charge in [0.25, 0.3) is 0 Å². The molecule has 0 saturated carbocycles. The molecule has 30 heavy (non-hydrogen) atoms. The lowest BCUT2D eigenvalue weighted by Crippen LogP contribution is -2.44. The Labute approximate surface area is 194 Å². The van der Waals surface area contributed by atoms with Crippen LogP contribution in [0.4, 0.5) is 13.2 Å². The van der Waals surface area contributed by atoms with Crippen LogP contribution in [-0.2, 0) is 0 Å². The number of halogens is 4. The first kappa shape index (κ1) is 26.8. The Morgan fingerprint density at radius 3 is 2.33 bits per heavy atom. The normalized spacial score (nSPS) is 16.5. The number of methoxy groups -OCH3 is 1. The van der Waals surface area contributed by atoms with Crippen molar-refractivity contribution < 1.29 is 17.9 Å². The molecule has 5 nitrogen and oxygen atoms in total. The highest BCUT2D eigenvalue weighted by Gasteiger charge is 2.26. The number of alkyl halides is 3. The molecule has 1 aliphatic rings. The summed E-state index contributed by atoms with van der Waals surface area (Å²) >= 11 is 0. The average molecular weight is 542 g/mol. The highest BCUT2D eigenvalue weighted by molar-refractivity contribution is 14.0. The maximum Gasteiger partial charge on any atom is 0.389 e. The smallest absolute Gasteiger partial charge is 0.389 e. The molecule has 1 heterocycles. The SMILES string of the molecule is CN=C(NCCCCC(F)(F)F)NCC(c1ccc(OC)cc1)N1CCCCC1.I. The van der Waals surface area contributed by atoms with Crippen molar-refractivity contribution in [2.24, 2.45) is 4.99 Å². The molecule has 2 N–H and O–H groups in total. The van der Waals surface area contributed by atoms with E-state index in [0.29, 0.717) is 25.5 Å². The second kappa shape index (κ2) is 14.0. The summed E-state index contributed by atoms with van der Waals surface area (Å²) in [4.78, 5) is 6.69. The van der Waals surface area contributed by atoms with E-state index in [0.717, 1.165) is 18.8 Å². The van der Waals surface area contributed by atoms with Gasteiger partial charge in [0.1, 0.15) is 5.75 Å². The summed E-state index contributed by atoms with van der Waals surface area (Å²) in [6, 6.07) is 8.32. The van der Waals surface area contributed by atoms with Crippen molar-refractivity contribution in [2.45, 2.75) is 50.7 Å². The van der Waals surface area contributed by atoms with Crippen LogP contribution in [0, 0.1) is 0 Å². The number of benzene rings is 1. The maximum atomic E-state index is 12.2. The van der Waals surface area contributed by atoms with Gasteiger partial charge in [-0.05, 0) is 56.5 Å². The van der Waals surface area contributed by atoms with Crippen molar-refractivity contribution in [1.82, 2.24) is 15.5 Å². The van der Waals surface area contributed by atoms with Crippen molar-refractivity contribution in [3.05, 3.63) is 29.8 Å². The number of hydrogen-bond donors (Lipinski definition) is 2. The molecule has 0 bridgehead atoms. The minimum atomic E-state index is -4.08. The van der Waals surface area contributed by atoms with E-state index in [2.05, 4.69) is 32.7 Å². The lowest BCUT2D eigenvalue weighted by molar-refractivity contribution is -0.135. The third kappa shape index (κ3) is 9.72. The van der Waals surface area contributed by atoms with Gasteiger partial charge >= 0.3 is 6.18 Å². The number of aliphatic imine (C=N–C) groups is 1. The molecule has 1 fully saturated rings. The molecule has 0 aromatic heterocycles. The van der Waals surface area contributed by atoms with Gasteiger partial charge in [-0.25, -0.2) is 0 Å². The fourth-order valence-corrected chi connectivity index (χ4v) is 3.59. The lowest BCUT2D eigenvalue weighted by atomic mass is 10.0. The van der Waals surface area contributed by atoms with Crippen molar-refractivity contribution in [1.29, 1.82) is 0 Å². The maximum absolute atomic E-state index is 12.2. The molecule has 0 radical (unpaired) electrons. The summed E-state index contributed by atoms with van der Waals surface area (Å²) in [5.74, 6) is 1.45. The van der Waals surface area contributed by atoms with Crippen LogP contribution in [0.1, 0.15) is 50.1 Å². The van der Waals surface area contributed by atoms with Crippen LogP contribution in [0.25, 0.3) is 0 Å². The number of likely N-dealkylation sites (tertiary alicyclic amines) is 1. The number of piperidine rings is 1. The third-order valence-corrected chi connectivity index (χ3v) is 5.20. The summed E-state index contributed by atoms with van der Waals surface area (Å²) in [6.07, 6.45) is -0.600. The highest BCUT2D eigenvalue weighted by atomic mass is 127. The Morgan fingerprint density at radius 2 is 1.77 bits per heavy atom. The molecule has 1 saturated heterocycles. The Morgan fingerprint density at radius 1 is 1.10 bits per heavy atom. The summed E-state index contributed by atoms with van der Waals surface area (Å²) in [7, 11) is 3.33. The fourth-order valence-electron chi connectivity index (χ4n) is 3.59. The van der Waals surface area contributed by atoms with E-state index in [1.807, 2.05) is 12.1 Å². The highest BCUT2D eigenvalue weighted by Crippen LogP contribution is 2.26. The number of ether oxygens (including phenoxy) is 1. The van der Waals surface area contributed by atoms with E-state index >= 15 is 0 Å². The van der Waals surface area contributed by atoms with E-state index < -0.39 is 12.6 Å². The molecule has 0 aliphatic carbocycles. The van der Waals surface area contributed by atoms with Crippen LogP contribution >= 0.6 is 24.0 Å². The molecular weight excluding hydrogens is 508 g/mol. The summed E-state index contributed by atoms with van der Waals surface area (Å²) < 4.78 is 42.0. The minimum Gasteiger partial charge on any atom is -0.497 e. The third-order valence-electron chi connectivity index (χ3n) is 5.20. The molecule has 1 aliphatic heterocycles. The molecule has 1 unspecified atom stereocenters. The first-order valence-corrected chi connectivity index (χ1v) is 10.3. The molecule has 0 spiro atoms. The topological polar surface area (TPSA) is 48.9 Å². The number of hydrogen-bond acceptors (Lipinski definition) is 3. The minimum absolute atomic E-state index is 0. The molecule has 9 heteroatoms. The van der Waals surface area contributed by atoms with E-state index in [1.54, 1.807) is 14.2 Å². The average Bonchev–Trinajstić information content (AvgIpc) is 2.72. The largest absolute Gasteiger partial charge is 0.497 e. The first-order chi connectivity index (χ1) is 13.9. The van der Waals surface area contributed by atoms with Gasteiger partial charge in [0.2, 0.25) is 0 Å². The van der Waals surface area contributed by atoms with Gasteiger partial charge in [0.15, 0.2) is 5.96 Å². The number of guanidine groups is 1. The number of nitrogens with zero attached hydrogens (tertiary/aromatic N) is 2. The zero-order valence-corrected chi connectivity index (χ0v) is 20.1. The van der Waals surface area contributed by atoms with Crippen LogP contribution < -0.4 is 15.4 Å².